The second kappa shape index (κ2) is 3.81. The zero-order chi connectivity index (χ0) is 10.8. The van der Waals surface area contributed by atoms with Crippen molar-refractivity contribution in [2.24, 2.45) is 5.18 Å². The Hall–Kier alpha value is -1.71. The van der Waals surface area contributed by atoms with Crippen molar-refractivity contribution < 1.29 is 4.79 Å². The summed E-state index contributed by atoms with van der Waals surface area (Å²) >= 11 is 0. The average Bonchev–Trinajstić information content (AvgIpc) is 2.62. The number of nitroso groups, excluding NO2 is 1. The molecule has 1 aromatic rings. The van der Waals surface area contributed by atoms with Crippen molar-refractivity contribution in [3.05, 3.63) is 28.2 Å². The summed E-state index contributed by atoms with van der Waals surface area (Å²) in [6.07, 6.45) is 3.12. The molecule has 0 fully saturated rings. The Morgan fingerprint density at radius 1 is 1.33 bits per heavy atom. The van der Waals surface area contributed by atoms with Gasteiger partial charge in [-0.15, -0.1) is 4.91 Å². The Kier molecular flexibility index (Phi) is 2.49. The van der Waals surface area contributed by atoms with Gasteiger partial charge < -0.3 is 5.32 Å². The Morgan fingerprint density at radius 3 is 2.60 bits per heavy atom. The summed E-state index contributed by atoms with van der Waals surface area (Å²) in [6.45, 7) is 1.42. The molecule has 0 aliphatic heterocycles. The predicted molar refractivity (Wildman–Crippen MR) is 58.2 cm³/mol. The van der Waals surface area contributed by atoms with Gasteiger partial charge in [0.15, 0.2) is 0 Å². The molecule has 2 rings (SSSR count). The first-order valence-electron chi connectivity index (χ1n) is 4.97. The SMILES string of the molecule is CC(=O)Nc1cc2c(cc1N=O)CCC2. The van der Waals surface area contributed by atoms with E-state index in [1.165, 1.54) is 18.1 Å². The molecule has 0 spiro atoms. The lowest BCUT2D eigenvalue weighted by atomic mass is 10.1. The number of rotatable bonds is 2. The minimum Gasteiger partial charge on any atom is -0.324 e. The van der Waals surface area contributed by atoms with Crippen LogP contribution in [0.1, 0.15) is 24.5 Å². The molecule has 0 bridgehead atoms. The molecule has 1 aliphatic carbocycles. The number of anilines is 1. The summed E-state index contributed by atoms with van der Waals surface area (Å²) in [5.41, 5.74) is 3.24. The van der Waals surface area contributed by atoms with Crippen LogP contribution in [0.5, 0.6) is 0 Å². The second-order valence-electron chi connectivity index (χ2n) is 3.76. The normalized spacial score (nSPS) is 13.4. The van der Waals surface area contributed by atoms with E-state index in [0.29, 0.717) is 11.4 Å². The van der Waals surface area contributed by atoms with E-state index in [1.807, 2.05) is 6.07 Å². The standard InChI is InChI=1S/C11H12N2O2/c1-7(14)12-10-5-8-3-2-4-9(8)6-11(10)13-15/h5-6H,2-4H2,1H3,(H,12,14). The molecule has 4 nitrogen and oxygen atoms in total. The van der Waals surface area contributed by atoms with Gasteiger partial charge in [-0.05, 0) is 47.7 Å². The van der Waals surface area contributed by atoms with Crippen LogP contribution in [0, 0.1) is 4.91 Å². The summed E-state index contributed by atoms with van der Waals surface area (Å²) in [5, 5.41) is 5.56. The quantitative estimate of drug-likeness (QED) is 0.752. The van der Waals surface area contributed by atoms with Crippen molar-refractivity contribution in [1.82, 2.24) is 0 Å². The van der Waals surface area contributed by atoms with Gasteiger partial charge in [-0.2, -0.15) is 0 Å². The van der Waals surface area contributed by atoms with Crippen LogP contribution in [0.25, 0.3) is 0 Å². The monoisotopic (exact) mass is 204 g/mol. The fourth-order valence-electron chi connectivity index (χ4n) is 1.98. The van der Waals surface area contributed by atoms with E-state index in [0.717, 1.165) is 19.3 Å². The summed E-state index contributed by atoms with van der Waals surface area (Å²) in [5.74, 6) is -0.183. The minimum atomic E-state index is -0.183. The van der Waals surface area contributed by atoms with Crippen molar-refractivity contribution >= 4 is 17.3 Å². The van der Waals surface area contributed by atoms with Crippen LogP contribution < -0.4 is 5.32 Å². The minimum absolute atomic E-state index is 0.183. The average molecular weight is 204 g/mol. The van der Waals surface area contributed by atoms with Crippen molar-refractivity contribution in [2.75, 3.05) is 5.32 Å². The third-order valence-corrected chi connectivity index (χ3v) is 2.62. The summed E-state index contributed by atoms with van der Waals surface area (Å²) in [7, 11) is 0. The fraction of sp³-hybridized carbons (Fsp3) is 0.364. The molecular formula is C11H12N2O2. The molecule has 78 valence electrons. The highest BCUT2D eigenvalue weighted by Crippen LogP contribution is 2.33. The number of hydrogen-bond acceptors (Lipinski definition) is 3. The Labute approximate surface area is 87.7 Å². The second-order valence-corrected chi connectivity index (χ2v) is 3.76. The largest absolute Gasteiger partial charge is 0.324 e. The van der Waals surface area contributed by atoms with E-state index in [-0.39, 0.29) is 5.91 Å². The third-order valence-electron chi connectivity index (χ3n) is 2.62. The Bertz CT molecular complexity index is 427. The Morgan fingerprint density at radius 2 is 2.00 bits per heavy atom. The van der Waals surface area contributed by atoms with E-state index in [4.69, 9.17) is 0 Å². The van der Waals surface area contributed by atoms with Crippen molar-refractivity contribution in [1.29, 1.82) is 0 Å². The molecule has 0 heterocycles. The molecule has 0 radical (unpaired) electrons. The number of fused-ring (bicyclic) bond motifs is 1. The van der Waals surface area contributed by atoms with Crippen LogP contribution in [0.3, 0.4) is 0 Å². The topological polar surface area (TPSA) is 58.5 Å². The molecular weight excluding hydrogens is 192 g/mol. The smallest absolute Gasteiger partial charge is 0.221 e. The number of nitrogens with zero attached hydrogens (tertiary/aromatic N) is 1. The zero-order valence-corrected chi connectivity index (χ0v) is 8.54. The highest BCUT2D eigenvalue weighted by molar-refractivity contribution is 5.92. The van der Waals surface area contributed by atoms with Gasteiger partial charge in [-0.25, -0.2) is 0 Å². The Balaban J connectivity index is 2.43. The molecule has 15 heavy (non-hydrogen) atoms. The number of nitrogens with one attached hydrogen (secondary N) is 1. The molecule has 0 saturated heterocycles. The van der Waals surface area contributed by atoms with E-state index in [1.54, 1.807) is 6.07 Å². The van der Waals surface area contributed by atoms with Crippen LogP contribution in [-0.4, -0.2) is 5.91 Å². The van der Waals surface area contributed by atoms with Gasteiger partial charge in [0.05, 0.1) is 5.69 Å². The van der Waals surface area contributed by atoms with Gasteiger partial charge in [-0.1, -0.05) is 0 Å². The first-order valence-corrected chi connectivity index (χ1v) is 4.97. The maximum absolute atomic E-state index is 10.9. The number of carbonyl (C=O) groups excluding carboxylic acids is 1. The van der Waals surface area contributed by atoms with Crippen LogP contribution in [-0.2, 0) is 17.6 Å². The van der Waals surface area contributed by atoms with Gasteiger partial charge in [0.2, 0.25) is 5.91 Å². The van der Waals surface area contributed by atoms with Crippen molar-refractivity contribution in [2.45, 2.75) is 26.2 Å². The molecule has 4 heteroatoms. The highest BCUT2D eigenvalue weighted by Gasteiger charge is 2.15. The van der Waals surface area contributed by atoms with Crippen LogP contribution >= 0.6 is 0 Å². The van der Waals surface area contributed by atoms with Gasteiger partial charge >= 0.3 is 0 Å². The molecule has 0 atom stereocenters. The number of hydrogen-bond donors (Lipinski definition) is 1. The van der Waals surface area contributed by atoms with Crippen molar-refractivity contribution in [3.63, 3.8) is 0 Å². The molecule has 1 aliphatic rings. The van der Waals surface area contributed by atoms with E-state index < -0.39 is 0 Å². The zero-order valence-electron chi connectivity index (χ0n) is 8.54. The molecule has 1 amide bonds. The maximum atomic E-state index is 10.9. The molecule has 1 aromatic carbocycles. The summed E-state index contributed by atoms with van der Waals surface area (Å²) < 4.78 is 0. The highest BCUT2D eigenvalue weighted by atomic mass is 16.3. The number of benzene rings is 1. The van der Waals surface area contributed by atoms with Crippen LogP contribution in [0.4, 0.5) is 11.4 Å². The van der Waals surface area contributed by atoms with Gasteiger partial charge in [0.25, 0.3) is 0 Å². The molecule has 1 N–H and O–H groups in total. The van der Waals surface area contributed by atoms with Gasteiger partial charge in [-0.3, -0.25) is 4.79 Å². The van der Waals surface area contributed by atoms with E-state index >= 15 is 0 Å². The first kappa shape index (κ1) is 9.83. The lowest BCUT2D eigenvalue weighted by Crippen LogP contribution is -2.06. The fourth-order valence-corrected chi connectivity index (χ4v) is 1.98. The van der Waals surface area contributed by atoms with Gasteiger partial charge in [0.1, 0.15) is 5.69 Å². The van der Waals surface area contributed by atoms with Crippen molar-refractivity contribution in [3.8, 4) is 0 Å². The lowest BCUT2D eigenvalue weighted by molar-refractivity contribution is -0.114. The number of carbonyl (C=O) groups is 1. The van der Waals surface area contributed by atoms with Crippen LogP contribution in [0.15, 0.2) is 17.3 Å². The van der Waals surface area contributed by atoms with E-state index in [2.05, 4.69) is 10.5 Å². The first-order chi connectivity index (χ1) is 7.20. The molecule has 0 aromatic heterocycles. The predicted octanol–water partition coefficient (Wildman–Crippen LogP) is 2.53. The van der Waals surface area contributed by atoms with Crippen LogP contribution in [0.2, 0.25) is 0 Å². The molecule has 0 saturated carbocycles. The third kappa shape index (κ3) is 1.88. The molecule has 0 unspecified atom stereocenters. The summed E-state index contributed by atoms with van der Waals surface area (Å²) in [6, 6.07) is 3.64. The number of amides is 1. The lowest BCUT2D eigenvalue weighted by Gasteiger charge is -2.07. The van der Waals surface area contributed by atoms with E-state index in [9.17, 15) is 9.70 Å². The van der Waals surface area contributed by atoms with Gasteiger partial charge in [0, 0.05) is 6.92 Å². The summed E-state index contributed by atoms with van der Waals surface area (Å²) in [4.78, 5) is 21.5. The maximum Gasteiger partial charge on any atom is 0.221 e. The number of aryl methyl sites for hydroxylation is 2.